The molecule has 0 aliphatic heterocycles. The van der Waals surface area contributed by atoms with E-state index in [0.29, 0.717) is 19.7 Å². The third-order valence-corrected chi connectivity index (χ3v) is 4.18. The van der Waals surface area contributed by atoms with Crippen LogP contribution in [0.25, 0.3) is 0 Å². The number of benzene rings is 1. The Bertz CT molecular complexity index is 714. The molecule has 156 valence electrons. The van der Waals surface area contributed by atoms with Gasteiger partial charge in [-0.15, -0.1) is 24.0 Å². The van der Waals surface area contributed by atoms with Crippen molar-refractivity contribution in [1.82, 2.24) is 25.3 Å². The van der Waals surface area contributed by atoms with Crippen LogP contribution in [0, 0.1) is 6.92 Å². The third kappa shape index (κ3) is 8.05. The molecule has 8 heteroatoms. The molecule has 0 aliphatic carbocycles. The molecule has 0 fully saturated rings. The maximum atomic E-state index is 5.76. The maximum Gasteiger partial charge on any atom is 0.191 e. The second kappa shape index (κ2) is 12.6. The van der Waals surface area contributed by atoms with E-state index in [1.165, 1.54) is 5.56 Å². The molecule has 0 saturated carbocycles. The fourth-order valence-electron chi connectivity index (χ4n) is 2.67. The van der Waals surface area contributed by atoms with E-state index in [1.807, 2.05) is 48.4 Å². The summed E-state index contributed by atoms with van der Waals surface area (Å²) in [6.07, 6.45) is 3.94. The number of halogens is 1. The standard InChI is InChI=1S/C20H32N6O.HI/c1-6-21-20(22-11-12-27-18-9-7-16(2)8-10-18)23-14-19(25(3)4)17-13-24-26(5)15-17;/h7-10,13,15,19H,6,11-12,14H2,1-5H3,(H2,21,22,23);1H. The monoisotopic (exact) mass is 500 g/mol. The molecular weight excluding hydrogens is 467 g/mol. The number of hydrogen-bond acceptors (Lipinski definition) is 4. The highest BCUT2D eigenvalue weighted by Gasteiger charge is 2.15. The first-order valence-corrected chi connectivity index (χ1v) is 9.36. The number of aromatic nitrogens is 2. The summed E-state index contributed by atoms with van der Waals surface area (Å²) < 4.78 is 7.58. The molecule has 0 aliphatic rings. The van der Waals surface area contributed by atoms with Crippen molar-refractivity contribution in [2.24, 2.45) is 12.0 Å². The summed E-state index contributed by atoms with van der Waals surface area (Å²) in [6.45, 7) is 6.84. The lowest BCUT2D eigenvalue weighted by molar-refractivity contribution is 0.305. The van der Waals surface area contributed by atoms with Crippen LogP contribution in [0.15, 0.2) is 41.7 Å². The molecular formula is C20H33IN6O. The van der Waals surface area contributed by atoms with Gasteiger partial charge >= 0.3 is 0 Å². The zero-order valence-electron chi connectivity index (χ0n) is 17.5. The molecule has 0 amide bonds. The van der Waals surface area contributed by atoms with Crippen molar-refractivity contribution in [3.05, 3.63) is 47.8 Å². The van der Waals surface area contributed by atoms with Crippen LogP contribution in [0.3, 0.4) is 0 Å². The molecule has 1 aromatic heterocycles. The maximum absolute atomic E-state index is 5.76. The third-order valence-electron chi connectivity index (χ3n) is 4.18. The van der Waals surface area contributed by atoms with Crippen LogP contribution in [-0.2, 0) is 7.05 Å². The van der Waals surface area contributed by atoms with Crippen molar-refractivity contribution in [2.45, 2.75) is 19.9 Å². The van der Waals surface area contributed by atoms with Crippen LogP contribution in [0.1, 0.15) is 24.1 Å². The van der Waals surface area contributed by atoms with E-state index in [9.17, 15) is 0 Å². The Morgan fingerprint density at radius 2 is 1.96 bits per heavy atom. The zero-order valence-corrected chi connectivity index (χ0v) is 19.8. The van der Waals surface area contributed by atoms with E-state index < -0.39 is 0 Å². The van der Waals surface area contributed by atoms with E-state index in [2.05, 4.69) is 48.6 Å². The van der Waals surface area contributed by atoms with Crippen LogP contribution in [0.2, 0.25) is 0 Å². The van der Waals surface area contributed by atoms with Crippen molar-refractivity contribution in [2.75, 3.05) is 40.3 Å². The number of aliphatic imine (C=N–C) groups is 1. The van der Waals surface area contributed by atoms with Crippen molar-refractivity contribution < 1.29 is 4.74 Å². The number of guanidine groups is 1. The Kier molecular flexibility index (Phi) is 10.9. The van der Waals surface area contributed by atoms with Gasteiger partial charge in [-0.1, -0.05) is 17.7 Å². The first-order valence-electron chi connectivity index (χ1n) is 9.36. The molecule has 0 spiro atoms. The number of nitrogens with zero attached hydrogens (tertiary/aromatic N) is 4. The molecule has 1 unspecified atom stereocenters. The van der Waals surface area contributed by atoms with E-state index in [0.717, 1.165) is 23.8 Å². The minimum absolute atomic E-state index is 0. The summed E-state index contributed by atoms with van der Waals surface area (Å²) in [7, 11) is 6.05. The smallest absolute Gasteiger partial charge is 0.191 e. The molecule has 7 nitrogen and oxygen atoms in total. The summed E-state index contributed by atoms with van der Waals surface area (Å²) in [5.41, 5.74) is 2.39. The minimum Gasteiger partial charge on any atom is -0.492 e. The van der Waals surface area contributed by atoms with E-state index in [4.69, 9.17) is 9.73 Å². The number of rotatable bonds is 9. The second-order valence-electron chi connectivity index (χ2n) is 6.73. The van der Waals surface area contributed by atoms with Crippen LogP contribution in [0.4, 0.5) is 0 Å². The summed E-state index contributed by atoms with van der Waals surface area (Å²) in [5.74, 6) is 1.68. The number of ether oxygens (including phenoxy) is 1. The van der Waals surface area contributed by atoms with Gasteiger partial charge in [0.05, 0.1) is 25.3 Å². The Labute approximate surface area is 185 Å². The van der Waals surface area contributed by atoms with Gasteiger partial charge in [-0.3, -0.25) is 9.67 Å². The lowest BCUT2D eigenvalue weighted by Gasteiger charge is -2.22. The topological polar surface area (TPSA) is 66.7 Å². The first-order chi connectivity index (χ1) is 13.0. The molecule has 1 atom stereocenters. The predicted octanol–water partition coefficient (Wildman–Crippen LogP) is 2.58. The van der Waals surface area contributed by atoms with Crippen LogP contribution >= 0.6 is 24.0 Å². The molecule has 0 saturated heterocycles. The summed E-state index contributed by atoms with van der Waals surface area (Å²) in [6, 6.07) is 8.26. The number of nitrogens with one attached hydrogen (secondary N) is 2. The van der Waals surface area contributed by atoms with Gasteiger partial charge in [-0.2, -0.15) is 5.10 Å². The normalized spacial score (nSPS) is 12.4. The highest BCUT2D eigenvalue weighted by molar-refractivity contribution is 14.0. The highest BCUT2D eigenvalue weighted by atomic mass is 127. The summed E-state index contributed by atoms with van der Waals surface area (Å²) in [5, 5.41) is 10.9. The van der Waals surface area contributed by atoms with Crippen molar-refractivity contribution in [1.29, 1.82) is 0 Å². The Morgan fingerprint density at radius 3 is 2.54 bits per heavy atom. The predicted molar refractivity (Wildman–Crippen MR) is 126 cm³/mol. The van der Waals surface area contributed by atoms with Gasteiger partial charge in [0.2, 0.25) is 0 Å². The Morgan fingerprint density at radius 1 is 1.25 bits per heavy atom. The van der Waals surface area contributed by atoms with Gasteiger partial charge in [0.1, 0.15) is 12.4 Å². The zero-order chi connectivity index (χ0) is 19.6. The minimum atomic E-state index is 0. The van der Waals surface area contributed by atoms with Crippen molar-refractivity contribution in [3.8, 4) is 5.75 Å². The average molecular weight is 500 g/mol. The molecule has 2 N–H and O–H groups in total. The van der Waals surface area contributed by atoms with Crippen molar-refractivity contribution >= 4 is 29.9 Å². The lowest BCUT2D eigenvalue weighted by atomic mass is 10.1. The molecule has 0 bridgehead atoms. The Balaban J connectivity index is 0.00000392. The second-order valence-corrected chi connectivity index (χ2v) is 6.73. The number of hydrogen-bond donors (Lipinski definition) is 2. The van der Waals surface area contributed by atoms with Gasteiger partial charge in [-0.05, 0) is 40.1 Å². The van der Waals surface area contributed by atoms with Gasteiger partial charge in [0.25, 0.3) is 0 Å². The van der Waals surface area contributed by atoms with Gasteiger partial charge in [-0.25, -0.2) is 0 Å². The molecule has 1 aromatic carbocycles. The Hall–Kier alpha value is -1.81. The first kappa shape index (κ1) is 24.2. The highest BCUT2D eigenvalue weighted by Crippen LogP contribution is 2.17. The summed E-state index contributed by atoms with van der Waals surface area (Å²) in [4.78, 5) is 6.89. The fourth-order valence-corrected chi connectivity index (χ4v) is 2.67. The van der Waals surface area contributed by atoms with E-state index >= 15 is 0 Å². The molecule has 1 heterocycles. The number of likely N-dealkylation sites (N-methyl/N-ethyl adjacent to an activating group) is 1. The molecule has 28 heavy (non-hydrogen) atoms. The molecule has 0 radical (unpaired) electrons. The van der Waals surface area contributed by atoms with Gasteiger partial charge in [0, 0.05) is 25.4 Å². The van der Waals surface area contributed by atoms with Crippen LogP contribution in [0.5, 0.6) is 5.75 Å². The largest absolute Gasteiger partial charge is 0.492 e. The lowest BCUT2D eigenvalue weighted by Crippen LogP contribution is -2.40. The van der Waals surface area contributed by atoms with Crippen LogP contribution in [-0.4, -0.2) is 61.0 Å². The molecule has 2 rings (SSSR count). The molecule has 2 aromatic rings. The van der Waals surface area contributed by atoms with E-state index in [-0.39, 0.29) is 30.0 Å². The van der Waals surface area contributed by atoms with Crippen LogP contribution < -0.4 is 15.4 Å². The SMILES string of the molecule is CCNC(=NCC(c1cnn(C)c1)N(C)C)NCCOc1ccc(C)cc1.I. The van der Waals surface area contributed by atoms with Gasteiger partial charge in [0.15, 0.2) is 5.96 Å². The van der Waals surface area contributed by atoms with E-state index in [1.54, 1.807) is 0 Å². The average Bonchev–Trinajstić information content (AvgIpc) is 3.06. The quantitative estimate of drug-likeness (QED) is 0.240. The number of aryl methyl sites for hydroxylation is 2. The fraction of sp³-hybridized carbons (Fsp3) is 0.500. The van der Waals surface area contributed by atoms with Crippen molar-refractivity contribution in [3.63, 3.8) is 0 Å². The van der Waals surface area contributed by atoms with Gasteiger partial charge < -0.3 is 20.3 Å². The summed E-state index contributed by atoms with van der Waals surface area (Å²) >= 11 is 0.